The van der Waals surface area contributed by atoms with Gasteiger partial charge in [0.25, 0.3) is 5.91 Å². The van der Waals surface area contributed by atoms with Crippen molar-refractivity contribution in [1.29, 1.82) is 0 Å². The number of hydrogen-bond acceptors (Lipinski definition) is 1. The number of carbonyl (C=O) groups is 1. The minimum Gasteiger partial charge on any atom is -0.321 e. The van der Waals surface area contributed by atoms with Gasteiger partial charge in [-0.1, -0.05) is 51.6 Å². The van der Waals surface area contributed by atoms with Crippen LogP contribution in [0.25, 0.3) is 6.08 Å². The van der Waals surface area contributed by atoms with E-state index in [2.05, 4.69) is 67.4 Å². The molecule has 0 aromatic heterocycles. The first kappa shape index (κ1) is 16.7. The lowest BCUT2D eigenvalue weighted by Crippen LogP contribution is -2.15. The van der Waals surface area contributed by atoms with E-state index in [1.807, 2.05) is 30.3 Å². The van der Waals surface area contributed by atoms with Crippen molar-refractivity contribution >= 4 is 40.3 Å². The Morgan fingerprint density at radius 2 is 1.86 bits per heavy atom. The van der Waals surface area contributed by atoms with Crippen LogP contribution in [0.5, 0.6) is 0 Å². The Bertz CT molecular complexity index is 714. The smallest absolute Gasteiger partial charge is 0.256 e. The van der Waals surface area contributed by atoms with Crippen LogP contribution >= 0.6 is 22.6 Å². The molecule has 0 fully saturated rings. The van der Waals surface area contributed by atoms with Crippen molar-refractivity contribution < 1.29 is 4.79 Å². The maximum absolute atomic E-state index is 12.4. The van der Waals surface area contributed by atoms with Gasteiger partial charge in [-0.3, -0.25) is 4.79 Å². The summed E-state index contributed by atoms with van der Waals surface area (Å²) in [7, 11) is 0. The highest BCUT2D eigenvalue weighted by atomic mass is 127. The van der Waals surface area contributed by atoms with Gasteiger partial charge in [0.05, 0.1) is 5.56 Å². The molecule has 1 N–H and O–H groups in total. The Labute approximate surface area is 145 Å². The number of nitrogens with one attached hydrogen (secondary N) is 1. The molecule has 2 nitrogen and oxygen atoms in total. The van der Waals surface area contributed by atoms with Gasteiger partial charge in [0.15, 0.2) is 0 Å². The number of rotatable bonds is 3. The number of carbonyl (C=O) groups excluding carboxylic acids is 1. The molecule has 2 aromatic rings. The molecule has 3 heteroatoms. The van der Waals surface area contributed by atoms with Crippen LogP contribution in [0.15, 0.2) is 49.0 Å². The first-order valence-electron chi connectivity index (χ1n) is 7.16. The standard InChI is InChI=1S/C19H20INO/c1-5-13-12-14(19(2,3)4)10-11-17(13)21-18(22)15-8-6-7-9-16(15)20/h5-12H,1H2,2-4H3,(H,21,22). The lowest BCUT2D eigenvalue weighted by Gasteiger charge is -2.21. The molecular weight excluding hydrogens is 385 g/mol. The fourth-order valence-electron chi connectivity index (χ4n) is 2.15. The Kier molecular flexibility index (Phi) is 5.06. The fourth-order valence-corrected chi connectivity index (χ4v) is 2.78. The molecule has 1 amide bonds. The number of amides is 1. The van der Waals surface area contributed by atoms with Gasteiger partial charge in [-0.15, -0.1) is 0 Å². The quantitative estimate of drug-likeness (QED) is 0.673. The average molecular weight is 405 g/mol. The second-order valence-corrected chi connectivity index (χ2v) is 7.35. The summed E-state index contributed by atoms with van der Waals surface area (Å²) in [5.41, 5.74) is 3.68. The van der Waals surface area contributed by atoms with E-state index in [1.165, 1.54) is 5.56 Å². The van der Waals surface area contributed by atoms with Crippen LogP contribution < -0.4 is 5.32 Å². The van der Waals surface area contributed by atoms with Gasteiger partial charge in [0, 0.05) is 9.26 Å². The molecule has 0 unspecified atom stereocenters. The predicted octanol–water partition coefficient (Wildman–Crippen LogP) is 5.48. The molecule has 0 radical (unpaired) electrons. The molecule has 2 aromatic carbocycles. The number of hydrogen-bond donors (Lipinski definition) is 1. The van der Waals surface area contributed by atoms with Gasteiger partial charge in [-0.05, 0) is 63.4 Å². The third kappa shape index (κ3) is 3.77. The van der Waals surface area contributed by atoms with E-state index < -0.39 is 0 Å². The molecule has 0 heterocycles. The summed E-state index contributed by atoms with van der Waals surface area (Å²) in [5, 5.41) is 2.98. The second-order valence-electron chi connectivity index (χ2n) is 6.19. The molecule has 0 saturated heterocycles. The van der Waals surface area contributed by atoms with Gasteiger partial charge < -0.3 is 5.32 Å². The number of benzene rings is 2. The van der Waals surface area contributed by atoms with Crippen molar-refractivity contribution in [1.82, 2.24) is 0 Å². The van der Waals surface area contributed by atoms with E-state index >= 15 is 0 Å². The Hall–Kier alpha value is -1.62. The van der Waals surface area contributed by atoms with Gasteiger partial charge in [0.2, 0.25) is 0 Å². The normalized spacial score (nSPS) is 11.1. The summed E-state index contributed by atoms with van der Waals surface area (Å²) in [5.74, 6) is -0.100. The van der Waals surface area contributed by atoms with E-state index in [0.29, 0.717) is 5.56 Å². The molecule has 0 atom stereocenters. The molecule has 22 heavy (non-hydrogen) atoms. The van der Waals surface area contributed by atoms with Crippen LogP contribution in [-0.2, 0) is 5.41 Å². The highest BCUT2D eigenvalue weighted by Gasteiger charge is 2.16. The van der Waals surface area contributed by atoms with Gasteiger partial charge in [-0.25, -0.2) is 0 Å². The Balaban J connectivity index is 2.32. The maximum atomic E-state index is 12.4. The third-order valence-electron chi connectivity index (χ3n) is 3.50. The summed E-state index contributed by atoms with van der Waals surface area (Å²) in [6, 6.07) is 13.6. The molecule has 2 rings (SSSR count). The van der Waals surface area contributed by atoms with Crippen molar-refractivity contribution in [3.63, 3.8) is 0 Å². The van der Waals surface area contributed by atoms with E-state index in [1.54, 1.807) is 6.08 Å². The highest BCUT2D eigenvalue weighted by molar-refractivity contribution is 14.1. The van der Waals surface area contributed by atoms with Crippen LogP contribution in [-0.4, -0.2) is 5.91 Å². The fraction of sp³-hybridized carbons (Fsp3) is 0.211. The van der Waals surface area contributed by atoms with Gasteiger partial charge >= 0.3 is 0 Å². The van der Waals surface area contributed by atoms with Crippen LogP contribution in [0, 0.1) is 3.57 Å². The van der Waals surface area contributed by atoms with Crippen LogP contribution in [0.3, 0.4) is 0 Å². The number of halogens is 1. The summed E-state index contributed by atoms with van der Waals surface area (Å²) < 4.78 is 0.934. The van der Waals surface area contributed by atoms with E-state index in [-0.39, 0.29) is 11.3 Å². The molecule has 0 saturated carbocycles. The topological polar surface area (TPSA) is 29.1 Å². The van der Waals surface area contributed by atoms with Crippen molar-refractivity contribution in [2.75, 3.05) is 5.32 Å². The van der Waals surface area contributed by atoms with E-state index in [4.69, 9.17) is 0 Å². The molecule has 0 bridgehead atoms. The zero-order valence-corrected chi connectivity index (χ0v) is 15.3. The van der Waals surface area contributed by atoms with Gasteiger partial charge in [-0.2, -0.15) is 0 Å². The molecular formula is C19H20INO. The lowest BCUT2D eigenvalue weighted by molar-refractivity contribution is 0.102. The first-order chi connectivity index (χ1) is 10.3. The molecule has 114 valence electrons. The van der Waals surface area contributed by atoms with Crippen molar-refractivity contribution in [2.45, 2.75) is 26.2 Å². The van der Waals surface area contributed by atoms with Crippen LogP contribution in [0.2, 0.25) is 0 Å². The first-order valence-corrected chi connectivity index (χ1v) is 8.23. The maximum Gasteiger partial charge on any atom is 0.256 e. The van der Waals surface area contributed by atoms with Gasteiger partial charge in [0.1, 0.15) is 0 Å². The van der Waals surface area contributed by atoms with Crippen molar-refractivity contribution in [3.05, 3.63) is 69.3 Å². The lowest BCUT2D eigenvalue weighted by atomic mass is 9.86. The van der Waals surface area contributed by atoms with Crippen molar-refractivity contribution in [2.24, 2.45) is 0 Å². The minimum absolute atomic E-state index is 0.0646. The molecule has 0 aliphatic carbocycles. The summed E-state index contributed by atoms with van der Waals surface area (Å²) in [4.78, 5) is 12.4. The van der Waals surface area contributed by atoms with Crippen molar-refractivity contribution in [3.8, 4) is 0 Å². The molecule has 0 aliphatic rings. The highest BCUT2D eigenvalue weighted by Crippen LogP contribution is 2.28. The summed E-state index contributed by atoms with van der Waals surface area (Å²) in [6.45, 7) is 10.4. The predicted molar refractivity (Wildman–Crippen MR) is 102 cm³/mol. The zero-order valence-electron chi connectivity index (χ0n) is 13.1. The third-order valence-corrected chi connectivity index (χ3v) is 4.44. The average Bonchev–Trinajstić information content (AvgIpc) is 2.46. The molecule has 0 aliphatic heterocycles. The SMILES string of the molecule is C=Cc1cc(C(C)(C)C)ccc1NC(=O)c1ccccc1I. The largest absolute Gasteiger partial charge is 0.321 e. The zero-order chi connectivity index (χ0) is 16.3. The van der Waals surface area contributed by atoms with E-state index in [0.717, 1.165) is 14.8 Å². The van der Waals surface area contributed by atoms with Crippen LogP contribution in [0.1, 0.15) is 42.3 Å². The summed E-state index contributed by atoms with van der Waals surface area (Å²) >= 11 is 2.17. The minimum atomic E-state index is -0.100. The van der Waals surface area contributed by atoms with Crippen LogP contribution in [0.4, 0.5) is 5.69 Å². The Morgan fingerprint density at radius 1 is 1.18 bits per heavy atom. The molecule has 0 spiro atoms. The second kappa shape index (κ2) is 6.65. The Morgan fingerprint density at radius 3 is 2.45 bits per heavy atom. The summed E-state index contributed by atoms with van der Waals surface area (Å²) in [6.07, 6.45) is 1.78. The number of anilines is 1. The monoisotopic (exact) mass is 405 g/mol. The van der Waals surface area contributed by atoms with E-state index in [9.17, 15) is 4.79 Å².